The zero-order valence-electron chi connectivity index (χ0n) is 15.1. The third-order valence-electron chi connectivity index (χ3n) is 2.73. The molecule has 1 fully saturated rings. The summed E-state index contributed by atoms with van der Waals surface area (Å²) in [6.45, 7) is 11.5. The lowest BCUT2D eigenvalue weighted by Crippen LogP contribution is -2.01. The first-order valence-electron chi connectivity index (χ1n) is 8.63. The largest absolute Gasteiger partial charge is 0.396 e. The van der Waals surface area contributed by atoms with E-state index in [2.05, 4.69) is 18.6 Å². The van der Waals surface area contributed by atoms with Gasteiger partial charge in [-0.05, 0) is 26.2 Å². The number of unbranched alkanes of at least 4 members (excludes halogenated alkanes) is 2. The average Bonchev–Trinajstić information content (AvgIpc) is 3.37. The molecule has 1 saturated heterocycles. The molecular weight excluding hydrogens is 284 g/mol. The van der Waals surface area contributed by atoms with E-state index >= 15 is 0 Å². The molecule has 5 nitrogen and oxygen atoms in total. The summed E-state index contributed by atoms with van der Waals surface area (Å²) < 4.78 is 19.9. The molecule has 1 aliphatic rings. The van der Waals surface area contributed by atoms with Gasteiger partial charge in [-0.15, -0.1) is 0 Å². The Hall–Kier alpha value is -0.200. The van der Waals surface area contributed by atoms with Crippen LogP contribution in [0.3, 0.4) is 0 Å². The number of aliphatic hydroxyl groups is 1. The normalized spacial score (nSPS) is 15.4. The fourth-order valence-corrected chi connectivity index (χ4v) is 1.14. The molecule has 0 spiro atoms. The van der Waals surface area contributed by atoms with Crippen molar-refractivity contribution >= 4 is 0 Å². The van der Waals surface area contributed by atoms with Gasteiger partial charge in [0, 0.05) is 40.1 Å². The van der Waals surface area contributed by atoms with Crippen LogP contribution in [0.25, 0.3) is 0 Å². The van der Waals surface area contributed by atoms with Gasteiger partial charge in [0.25, 0.3) is 0 Å². The molecular formula is C17H38O5. The molecule has 1 rings (SSSR count). The number of hydrogen-bond donors (Lipinski definition) is 1. The summed E-state index contributed by atoms with van der Waals surface area (Å²) in [6.07, 6.45) is 5.90. The molecule has 1 heterocycles. The standard InChI is InChI=1S/C7H14O2.C7H16O2.C3H8O/c1-2-3-4-8-5-7-6-9-7;1-2-3-6-9-7-4-5-8;1-3-4-2/h7H,2-6H2,1H3;8H,2-7H2,1H3;3H2,1-2H3. The number of methoxy groups -OCH3 is 1. The Balaban J connectivity index is 0. The minimum absolute atomic E-state index is 0.242. The Bertz CT molecular complexity index is 166. The van der Waals surface area contributed by atoms with Crippen molar-refractivity contribution in [3.63, 3.8) is 0 Å². The second-order valence-corrected chi connectivity index (χ2v) is 5.00. The first-order valence-corrected chi connectivity index (χ1v) is 8.63. The van der Waals surface area contributed by atoms with Crippen molar-refractivity contribution in [2.45, 2.75) is 59.0 Å². The fraction of sp³-hybridized carbons (Fsp3) is 1.00. The summed E-state index contributed by atoms with van der Waals surface area (Å²) in [4.78, 5) is 0. The maximum Gasteiger partial charge on any atom is 0.104 e. The van der Waals surface area contributed by atoms with Gasteiger partial charge < -0.3 is 24.1 Å². The van der Waals surface area contributed by atoms with Crippen LogP contribution in [-0.4, -0.2) is 64.6 Å². The summed E-state index contributed by atoms with van der Waals surface area (Å²) in [5.74, 6) is 0. The molecule has 0 aromatic rings. The lowest BCUT2D eigenvalue weighted by Gasteiger charge is -1.99. The third kappa shape index (κ3) is 28.0. The van der Waals surface area contributed by atoms with Crippen molar-refractivity contribution in [3.8, 4) is 0 Å². The molecule has 0 radical (unpaired) electrons. The lowest BCUT2D eigenvalue weighted by molar-refractivity contribution is 0.113. The quantitative estimate of drug-likeness (QED) is 0.442. The van der Waals surface area contributed by atoms with Crippen LogP contribution in [0.5, 0.6) is 0 Å². The maximum atomic E-state index is 8.34. The minimum atomic E-state index is 0.242. The SMILES string of the molecule is CCCCOCC1CO1.CCCCOCCCO.CCOC. The molecule has 22 heavy (non-hydrogen) atoms. The Morgan fingerprint density at radius 3 is 1.86 bits per heavy atom. The number of aliphatic hydroxyl groups excluding tert-OH is 1. The van der Waals surface area contributed by atoms with Gasteiger partial charge in [0.15, 0.2) is 0 Å². The van der Waals surface area contributed by atoms with Crippen LogP contribution in [0.4, 0.5) is 0 Å². The number of ether oxygens (including phenoxy) is 4. The van der Waals surface area contributed by atoms with Crippen molar-refractivity contribution < 1.29 is 24.1 Å². The fourth-order valence-electron chi connectivity index (χ4n) is 1.14. The van der Waals surface area contributed by atoms with Crippen LogP contribution in [-0.2, 0) is 18.9 Å². The highest BCUT2D eigenvalue weighted by atomic mass is 16.6. The molecule has 1 N–H and O–H groups in total. The van der Waals surface area contributed by atoms with Gasteiger partial charge in [-0.25, -0.2) is 0 Å². The molecule has 1 atom stereocenters. The maximum absolute atomic E-state index is 8.34. The van der Waals surface area contributed by atoms with Gasteiger partial charge in [-0.1, -0.05) is 26.7 Å². The zero-order valence-corrected chi connectivity index (χ0v) is 15.1. The number of hydrogen-bond acceptors (Lipinski definition) is 5. The Morgan fingerprint density at radius 1 is 0.955 bits per heavy atom. The lowest BCUT2D eigenvalue weighted by atomic mass is 10.4. The Kier molecular flexibility index (Phi) is 25.2. The summed E-state index contributed by atoms with van der Waals surface area (Å²) in [6, 6.07) is 0. The Labute approximate surface area is 137 Å². The monoisotopic (exact) mass is 322 g/mol. The van der Waals surface area contributed by atoms with Crippen LogP contribution in [0, 0.1) is 0 Å². The molecule has 1 aliphatic heterocycles. The molecule has 5 heteroatoms. The molecule has 0 bridgehead atoms. The van der Waals surface area contributed by atoms with Crippen molar-refractivity contribution in [2.24, 2.45) is 0 Å². The smallest absolute Gasteiger partial charge is 0.104 e. The van der Waals surface area contributed by atoms with Crippen molar-refractivity contribution in [1.82, 2.24) is 0 Å². The van der Waals surface area contributed by atoms with E-state index in [0.29, 0.717) is 12.7 Å². The van der Waals surface area contributed by atoms with Crippen LogP contribution in [0.2, 0.25) is 0 Å². The topological polar surface area (TPSA) is 60.5 Å². The molecule has 1 unspecified atom stereocenters. The second kappa shape index (κ2) is 23.1. The predicted octanol–water partition coefficient (Wildman–Crippen LogP) is 3.04. The molecule has 0 aliphatic carbocycles. The van der Waals surface area contributed by atoms with E-state index in [9.17, 15) is 0 Å². The van der Waals surface area contributed by atoms with Crippen LogP contribution < -0.4 is 0 Å². The summed E-state index contributed by atoms with van der Waals surface area (Å²) >= 11 is 0. The van der Waals surface area contributed by atoms with E-state index in [1.165, 1.54) is 19.3 Å². The van der Waals surface area contributed by atoms with E-state index in [1.54, 1.807) is 7.11 Å². The molecule has 0 saturated carbocycles. The van der Waals surface area contributed by atoms with E-state index < -0.39 is 0 Å². The van der Waals surface area contributed by atoms with Crippen LogP contribution in [0.1, 0.15) is 52.9 Å². The molecule has 0 aromatic carbocycles. The molecule has 136 valence electrons. The highest BCUT2D eigenvalue weighted by Crippen LogP contribution is 2.08. The van der Waals surface area contributed by atoms with E-state index in [1.807, 2.05) is 6.92 Å². The third-order valence-corrected chi connectivity index (χ3v) is 2.73. The Morgan fingerprint density at radius 2 is 1.45 bits per heavy atom. The van der Waals surface area contributed by atoms with Gasteiger partial charge in [0.1, 0.15) is 6.10 Å². The van der Waals surface area contributed by atoms with Crippen molar-refractivity contribution in [1.29, 1.82) is 0 Å². The summed E-state index contributed by atoms with van der Waals surface area (Å²) in [7, 11) is 1.68. The van der Waals surface area contributed by atoms with Gasteiger partial charge in [-0.3, -0.25) is 0 Å². The number of epoxide rings is 1. The highest BCUT2D eigenvalue weighted by Gasteiger charge is 2.21. The summed E-state index contributed by atoms with van der Waals surface area (Å²) in [5, 5.41) is 8.34. The second-order valence-electron chi connectivity index (χ2n) is 5.00. The number of rotatable bonds is 12. The van der Waals surface area contributed by atoms with Crippen molar-refractivity contribution in [2.75, 3.05) is 53.4 Å². The van der Waals surface area contributed by atoms with Gasteiger partial charge >= 0.3 is 0 Å². The van der Waals surface area contributed by atoms with Gasteiger partial charge in [0.2, 0.25) is 0 Å². The van der Waals surface area contributed by atoms with E-state index in [0.717, 1.165) is 45.9 Å². The zero-order chi connectivity index (χ0) is 16.9. The minimum Gasteiger partial charge on any atom is -0.396 e. The van der Waals surface area contributed by atoms with Crippen LogP contribution >= 0.6 is 0 Å². The molecule has 0 aromatic heterocycles. The summed E-state index contributed by atoms with van der Waals surface area (Å²) in [5.41, 5.74) is 0. The van der Waals surface area contributed by atoms with Crippen LogP contribution in [0.15, 0.2) is 0 Å². The highest BCUT2D eigenvalue weighted by molar-refractivity contribution is 4.66. The molecule has 0 amide bonds. The van der Waals surface area contributed by atoms with E-state index in [4.69, 9.17) is 19.3 Å². The average molecular weight is 322 g/mol. The predicted molar refractivity (Wildman–Crippen MR) is 90.4 cm³/mol. The van der Waals surface area contributed by atoms with Gasteiger partial charge in [-0.2, -0.15) is 0 Å². The first-order chi connectivity index (χ1) is 10.8. The van der Waals surface area contributed by atoms with E-state index in [-0.39, 0.29) is 6.61 Å². The van der Waals surface area contributed by atoms with Crippen molar-refractivity contribution in [3.05, 3.63) is 0 Å². The van der Waals surface area contributed by atoms with Gasteiger partial charge in [0.05, 0.1) is 13.2 Å². The first kappa shape index (κ1) is 24.1.